The van der Waals surface area contributed by atoms with E-state index < -0.39 is 0 Å². The summed E-state index contributed by atoms with van der Waals surface area (Å²) in [6.45, 7) is 2.09. The lowest BCUT2D eigenvalue weighted by Gasteiger charge is -1.98. The van der Waals surface area contributed by atoms with Crippen molar-refractivity contribution in [3.05, 3.63) is 0 Å². The lowest BCUT2D eigenvalue weighted by molar-refractivity contribution is -0.119. The Morgan fingerprint density at radius 1 is 1.08 bits per heavy atom. The largest absolute Gasteiger partial charge is 0.300 e. The molecule has 0 saturated heterocycles. The molecule has 0 aromatic heterocycles. The zero-order valence-electron chi connectivity index (χ0n) is 8.47. The predicted octanol–water partition coefficient (Wildman–Crippen LogP) is 2.81. The quantitative estimate of drug-likeness (QED) is 0.515. The molecule has 0 heterocycles. The fourth-order valence-corrected chi connectivity index (χ4v) is 1.20. The van der Waals surface area contributed by atoms with E-state index in [4.69, 9.17) is 0 Å². The van der Waals surface area contributed by atoms with Gasteiger partial charge in [-0.3, -0.25) is 9.59 Å². The van der Waals surface area contributed by atoms with Crippen LogP contribution in [0.4, 0.5) is 0 Å². The molecule has 0 aromatic rings. The van der Waals surface area contributed by atoms with E-state index in [1.54, 1.807) is 0 Å². The Hall–Kier alpha value is -0.660. The maximum absolute atomic E-state index is 11.2. The lowest BCUT2D eigenvalue weighted by Crippen LogP contribution is -1.96. The van der Waals surface area contributed by atoms with Gasteiger partial charge in [-0.1, -0.05) is 19.8 Å². The zero-order chi connectivity index (χ0) is 9.94. The van der Waals surface area contributed by atoms with Crippen LogP contribution in [0.15, 0.2) is 0 Å². The molecule has 2 nitrogen and oxygen atoms in total. The highest BCUT2D eigenvalue weighted by atomic mass is 16.1. The van der Waals surface area contributed by atoms with E-state index in [9.17, 15) is 9.59 Å². The number of hydrogen-bond acceptors (Lipinski definition) is 2. The fraction of sp³-hybridized carbons (Fsp3) is 0.818. The molecular formula is C11H19O2. The van der Waals surface area contributed by atoms with Gasteiger partial charge in [0.15, 0.2) is 6.29 Å². The highest BCUT2D eigenvalue weighted by Crippen LogP contribution is 2.05. The number of rotatable bonds is 9. The van der Waals surface area contributed by atoms with E-state index in [-0.39, 0.29) is 0 Å². The number of carbonyl (C=O) groups is 1. The maximum atomic E-state index is 11.2. The molecule has 75 valence electrons. The smallest absolute Gasteiger partial charge is 0.198 e. The van der Waals surface area contributed by atoms with Crippen LogP contribution in [0.25, 0.3) is 0 Å². The molecule has 0 N–H and O–H groups in total. The van der Waals surface area contributed by atoms with E-state index in [0.717, 1.165) is 38.5 Å². The standard InChI is InChI=1S/C11H19O2/c1-2-3-8-11(13)9-6-4-5-7-10-12/h2-9H2,1H3. The number of unbranched alkanes of at least 4 members (excludes halogenated alkanes) is 4. The molecule has 2 heteroatoms. The molecule has 13 heavy (non-hydrogen) atoms. The van der Waals surface area contributed by atoms with Gasteiger partial charge in [0, 0.05) is 19.3 Å². The third-order valence-corrected chi connectivity index (χ3v) is 2.04. The van der Waals surface area contributed by atoms with Gasteiger partial charge in [0.25, 0.3) is 0 Å². The molecule has 0 spiro atoms. The molecule has 0 rings (SSSR count). The number of ketones is 1. The van der Waals surface area contributed by atoms with Crippen molar-refractivity contribution >= 4 is 12.1 Å². The van der Waals surface area contributed by atoms with E-state index >= 15 is 0 Å². The predicted molar refractivity (Wildman–Crippen MR) is 53.3 cm³/mol. The lowest BCUT2D eigenvalue weighted by atomic mass is 10.1. The minimum absolute atomic E-state index is 0.372. The Balaban J connectivity index is 3.12. The second-order valence-electron chi connectivity index (χ2n) is 3.35. The van der Waals surface area contributed by atoms with Gasteiger partial charge in [-0.25, -0.2) is 0 Å². The van der Waals surface area contributed by atoms with Crippen LogP contribution in [-0.2, 0) is 9.59 Å². The van der Waals surface area contributed by atoms with E-state index in [2.05, 4.69) is 6.92 Å². The molecule has 0 fully saturated rings. The van der Waals surface area contributed by atoms with Crippen molar-refractivity contribution in [2.75, 3.05) is 0 Å². The van der Waals surface area contributed by atoms with Gasteiger partial charge >= 0.3 is 0 Å². The molecule has 0 bridgehead atoms. The van der Waals surface area contributed by atoms with Gasteiger partial charge in [-0.05, 0) is 19.3 Å². The number of Topliss-reactive ketones (excluding diaryl/α,β-unsaturated/α-hetero) is 1. The topological polar surface area (TPSA) is 34.1 Å². The Morgan fingerprint density at radius 2 is 1.77 bits per heavy atom. The van der Waals surface area contributed by atoms with Crippen molar-refractivity contribution in [1.29, 1.82) is 0 Å². The van der Waals surface area contributed by atoms with Crippen molar-refractivity contribution in [1.82, 2.24) is 0 Å². The molecule has 0 aliphatic rings. The van der Waals surface area contributed by atoms with Gasteiger partial charge in [0.1, 0.15) is 5.78 Å². The van der Waals surface area contributed by atoms with Gasteiger partial charge in [0.05, 0.1) is 0 Å². The van der Waals surface area contributed by atoms with Crippen LogP contribution in [0, 0.1) is 0 Å². The first kappa shape index (κ1) is 12.3. The molecular weight excluding hydrogens is 164 g/mol. The minimum Gasteiger partial charge on any atom is -0.300 e. The Labute approximate surface area is 80.7 Å². The molecule has 0 unspecified atom stereocenters. The average molecular weight is 183 g/mol. The summed E-state index contributed by atoms with van der Waals surface area (Å²) < 4.78 is 0. The second kappa shape index (κ2) is 9.43. The molecule has 0 saturated carbocycles. The third kappa shape index (κ3) is 9.25. The highest BCUT2D eigenvalue weighted by Gasteiger charge is 2.00. The first-order valence-corrected chi connectivity index (χ1v) is 5.18. The van der Waals surface area contributed by atoms with Crippen LogP contribution in [-0.4, -0.2) is 12.1 Å². The van der Waals surface area contributed by atoms with Crippen molar-refractivity contribution in [3.63, 3.8) is 0 Å². The first-order valence-electron chi connectivity index (χ1n) is 5.18. The van der Waals surface area contributed by atoms with Gasteiger partial charge in [-0.2, -0.15) is 0 Å². The van der Waals surface area contributed by atoms with E-state index in [1.165, 1.54) is 0 Å². The monoisotopic (exact) mass is 183 g/mol. The summed E-state index contributed by atoms with van der Waals surface area (Å²) >= 11 is 0. The van der Waals surface area contributed by atoms with Gasteiger partial charge in [-0.15, -0.1) is 0 Å². The van der Waals surface area contributed by atoms with Crippen LogP contribution in [0.5, 0.6) is 0 Å². The van der Waals surface area contributed by atoms with Crippen LogP contribution in [0.2, 0.25) is 0 Å². The molecule has 0 aromatic carbocycles. The molecule has 0 aliphatic heterocycles. The number of hydrogen-bond donors (Lipinski definition) is 0. The summed E-state index contributed by atoms with van der Waals surface area (Å²) in [6, 6.07) is 0. The Kier molecular flexibility index (Phi) is 8.95. The summed E-state index contributed by atoms with van der Waals surface area (Å²) in [7, 11) is 0. The summed E-state index contributed by atoms with van der Waals surface area (Å²) in [4.78, 5) is 21.0. The molecule has 1 radical (unpaired) electrons. The average Bonchev–Trinajstić information content (AvgIpc) is 2.14. The van der Waals surface area contributed by atoms with Crippen LogP contribution in [0.1, 0.15) is 58.3 Å². The van der Waals surface area contributed by atoms with Crippen molar-refractivity contribution < 1.29 is 9.59 Å². The van der Waals surface area contributed by atoms with Gasteiger partial charge < -0.3 is 0 Å². The molecule has 0 amide bonds. The molecule has 0 atom stereocenters. The summed E-state index contributed by atoms with van der Waals surface area (Å²) in [5, 5.41) is 0. The van der Waals surface area contributed by atoms with Crippen molar-refractivity contribution in [2.45, 2.75) is 58.3 Å². The number of carbonyl (C=O) groups excluding carboxylic acids is 2. The highest BCUT2D eigenvalue weighted by molar-refractivity contribution is 5.78. The van der Waals surface area contributed by atoms with E-state index in [0.29, 0.717) is 18.6 Å². The van der Waals surface area contributed by atoms with Crippen molar-refractivity contribution in [3.8, 4) is 0 Å². The minimum atomic E-state index is 0.372. The van der Waals surface area contributed by atoms with E-state index in [1.807, 2.05) is 6.29 Å². The van der Waals surface area contributed by atoms with Crippen LogP contribution < -0.4 is 0 Å². The fourth-order valence-electron chi connectivity index (χ4n) is 1.20. The Morgan fingerprint density at radius 3 is 2.38 bits per heavy atom. The van der Waals surface area contributed by atoms with Crippen LogP contribution >= 0.6 is 0 Å². The second-order valence-corrected chi connectivity index (χ2v) is 3.35. The first-order chi connectivity index (χ1) is 6.31. The summed E-state index contributed by atoms with van der Waals surface area (Å²) in [6.07, 6.45) is 8.70. The van der Waals surface area contributed by atoms with Crippen LogP contribution in [0.3, 0.4) is 0 Å². The third-order valence-electron chi connectivity index (χ3n) is 2.04. The van der Waals surface area contributed by atoms with Crippen molar-refractivity contribution in [2.24, 2.45) is 0 Å². The SMILES string of the molecule is CCCCC(=O)CCCCC[C]=O. The normalized spacial score (nSPS) is 9.92. The summed E-state index contributed by atoms with van der Waals surface area (Å²) in [5.41, 5.74) is 0. The zero-order valence-corrected chi connectivity index (χ0v) is 8.47. The summed E-state index contributed by atoms with van der Waals surface area (Å²) in [5.74, 6) is 0.372. The maximum Gasteiger partial charge on any atom is 0.198 e. The van der Waals surface area contributed by atoms with Gasteiger partial charge in [0.2, 0.25) is 0 Å². The Bertz CT molecular complexity index is 141. The molecule has 0 aliphatic carbocycles.